The second-order valence-corrected chi connectivity index (χ2v) is 5.76. The summed E-state index contributed by atoms with van der Waals surface area (Å²) in [6.07, 6.45) is 0. The first kappa shape index (κ1) is 11.3. The molecular formula is C11H22N2O. The molecule has 1 heterocycles. The van der Waals surface area contributed by atoms with Crippen molar-refractivity contribution >= 4 is 6.03 Å². The number of hydrogen-bond donors (Lipinski definition) is 0. The fourth-order valence-corrected chi connectivity index (χ4v) is 2.04. The van der Waals surface area contributed by atoms with Crippen LogP contribution in [0.25, 0.3) is 0 Å². The maximum absolute atomic E-state index is 11.8. The third-order valence-corrected chi connectivity index (χ3v) is 3.75. The molecule has 1 rings (SSSR count). The van der Waals surface area contributed by atoms with Crippen LogP contribution in [0.1, 0.15) is 27.7 Å². The van der Waals surface area contributed by atoms with Crippen LogP contribution in [0.3, 0.4) is 0 Å². The maximum Gasteiger partial charge on any atom is 0.319 e. The van der Waals surface area contributed by atoms with E-state index in [0.717, 1.165) is 13.1 Å². The molecule has 3 nitrogen and oxygen atoms in total. The van der Waals surface area contributed by atoms with Gasteiger partial charge in [-0.3, -0.25) is 0 Å². The molecule has 82 valence electrons. The van der Waals surface area contributed by atoms with Gasteiger partial charge in [0.15, 0.2) is 0 Å². The van der Waals surface area contributed by atoms with Gasteiger partial charge in [-0.2, -0.15) is 0 Å². The quantitative estimate of drug-likeness (QED) is 0.584. The Bertz CT molecular complexity index is 222. The van der Waals surface area contributed by atoms with E-state index in [-0.39, 0.29) is 16.9 Å². The molecule has 0 aromatic rings. The van der Waals surface area contributed by atoms with E-state index in [2.05, 4.69) is 27.7 Å². The first-order chi connectivity index (χ1) is 6.17. The van der Waals surface area contributed by atoms with Crippen molar-refractivity contribution < 1.29 is 4.79 Å². The van der Waals surface area contributed by atoms with E-state index in [1.165, 1.54) is 0 Å². The average molecular weight is 198 g/mol. The smallest absolute Gasteiger partial charge is 0.319 e. The summed E-state index contributed by atoms with van der Waals surface area (Å²) in [5, 5.41) is 0. The fourth-order valence-electron chi connectivity index (χ4n) is 2.04. The molecule has 0 aromatic heterocycles. The van der Waals surface area contributed by atoms with E-state index >= 15 is 0 Å². The molecule has 0 spiro atoms. The van der Waals surface area contributed by atoms with Crippen LogP contribution in [0.5, 0.6) is 0 Å². The molecule has 0 bridgehead atoms. The highest BCUT2D eigenvalue weighted by molar-refractivity contribution is 5.74. The minimum absolute atomic E-state index is 0.128. The average Bonchev–Trinajstić information content (AvgIpc) is 2.03. The van der Waals surface area contributed by atoms with Crippen LogP contribution in [0.15, 0.2) is 0 Å². The summed E-state index contributed by atoms with van der Waals surface area (Å²) in [7, 11) is 3.75. The maximum atomic E-state index is 11.8. The molecule has 0 saturated carbocycles. The summed E-state index contributed by atoms with van der Waals surface area (Å²) in [6.45, 7) is 10.6. The summed E-state index contributed by atoms with van der Waals surface area (Å²) < 4.78 is 0. The summed E-state index contributed by atoms with van der Waals surface area (Å²) in [6, 6.07) is 0.128. The van der Waals surface area contributed by atoms with Gasteiger partial charge in [0.25, 0.3) is 0 Å². The number of carbonyl (C=O) groups excluding carboxylic acids is 1. The molecule has 1 aliphatic heterocycles. The van der Waals surface area contributed by atoms with Crippen LogP contribution in [-0.2, 0) is 0 Å². The van der Waals surface area contributed by atoms with Crippen molar-refractivity contribution in [3.8, 4) is 0 Å². The van der Waals surface area contributed by atoms with E-state index in [1.54, 1.807) is 0 Å². The van der Waals surface area contributed by atoms with Crippen LogP contribution in [-0.4, -0.2) is 43.0 Å². The van der Waals surface area contributed by atoms with Crippen molar-refractivity contribution in [1.29, 1.82) is 0 Å². The van der Waals surface area contributed by atoms with Crippen molar-refractivity contribution in [1.82, 2.24) is 9.80 Å². The Kier molecular flexibility index (Phi) is 2.55. The van der Waals surface area contributed by atoms with Gasteiger partial charge in [0.2, 0.25) is 0 Å². The molecule has 0 unspecified atom stereocenters. The van der Waals surface area contributed by atoms with Crippen LogP contribution in [0.4, 0.5) is 4.79 Å². The molecule has 0 radical (unpaired) electrons. The summed E-state index contributed by atoms with van der Waals surface area (Å²) in [5.74, 6) is 0. The molecule has 0 N–H and O–H groups in total. The van der Waals surface area contributed by atoms with Crippen molar-refractivity contribution in [2.75, 3.05) is 27.2 Å². The van der Waals surface area contributed by atoms with Crippen LogP contribution in [0.2, 0.25) is 0 Å². The second kappa shape index (κ2) is 3.14. The first-order valence-corrected chi connectivity index (χ1v) is 5.14. The highest BCUT2D eigenvalue weighted by Gasteiger charge is 2.43. The summed E-state index contributed by atoms with van der Waals surface area (Å²) in [4.78, 5) is 15.4. The Morgan fingerprint density at radius 1 is 0.929 bits per heavy atom. The van der Waals surface area contributed by atoms with Crippen molar-refractivity contribution in [2.24, 2.45) is 10.8 Å². The number of nitrogens with zero attached hydrogens (tertiary/aromatic N) is 2. The van der Waals surface area contributed by atoms with Crippen LogP contribution >= 0.6 is 0 Å². The number of rotatable bonds is 0. The highest BCUT2D eigenvalue weighted by Crippen LogP contribution is 2.41. The van der Waals surface area contributed by atoms with Gasteiger partial charge in [0, 0.05) is 27.2 Å². The topological polar surface area (TPSA) is 23.6 Å². The lowest BCUT2D eigenvalue weighted by Crippen LogP contribution is -2.41. The number of amides is 2. The van der Waals surface area contributed by atoms with Gasteiger partial charge < -0.3 is 9.80 Å². The van der Waals surface area contributed by atoms with Gasteiger partial charge in [0.1, 0.15) is 0 Å². The predicted octanol–water partition coefficient (Wildman–Crippen LogP) is 2.04. The van der Waals surface area contributed by atoms with Gasteiger partial charge in [0.05, 0.1) is 0 Å². The fraction of sp³-hybridized carbons (Fsp3) is 0.909. The van der Waals surface area contributed by atoms with E-state index in [4.69, 9.17) is 0 Å². The monoisotopic (exact) mass is 198 g/mol. The van der Waals surface area contributed by atoms with Crippen molar-refractivity contribution in [3.05, 3.63) is 0 Å². The molecule has 0 atom stereocenters. The highest BCUT2D eigenvalue weighted by atomic mass is 16.2. The lowest BCUT2D eigenvalue weighted by Gasteiger charge is -2.41. The van der Waals surface area contributed by atoms with Gasteiger partial charge in [-0.25, -0.2) is 4.79 Å². The largest absolute Gasteiger partial charge is 0.327 e. The molecule has 3 heteroatoms. The Morgan fingerprint density at radius 3 is 1.50 bits per heavy atom. The number of hydrogen-bond acceptors (Lipinski definition) is 1. The standard InChI is InChI=1S/C11H22N2O/c1-10(2)7-12(5)9(14)13(6)8-11(10,3)4/h7-8H2,1-6H3. The normalized spacial score (nSPS) is 26.3. The summed E-state index contributed by atoms with van der Waals surface area (Å²) in [5.41, 5.74) is 0.310. The van der Waals surface area contributed by atoms with E-state index in [1.807, 2.05) is 23.9 Å². The van der Waals surface area contributed by atoms with Crippen LogP contribution < -0.4 is 0 Å². The van der Waals surface area contributed by atoms with Gasteiger partial charge in [-0.15, -0.1) is 0 Å². The molecule has 0 aromatic carbocycles. The van der Waals surface area contributed by atoms with Gasteiger partial charge >= 0.3 is 6.03 Å². The number of urea groups is 1. The minimum Gasteiger partial charge on any atom is -0.327 e. The Labute approximate surface area is 87.1 Å². The zero-order valence-corrected chi connectivity index (χ0v) is 10.2. The Hall–Kier alpha value is -0.730. The van der Waals surface area contributed by atoms with E-state index in [9.17, 15) is 4.79 Å². The zero-order chi connectivity index (χ0) is 11.1. The molecule has 0 aliphatic carbocycles. The minimum atomic E-state index is 0.128. The Balaban J connectivity index is 3.01. The SMILES string of the molecule is CN1CC(C)(C)C(C)(C)CN(C)C1=O. The summed E-state index contributed by atoms with van der Waals surface area (Å²) >= 11 is 0. The molecular weight excluding hydrogens is 176 g/mol. The van der Waals surface area contributed by atoms with E-state index < -0.39 is 0 Å². The first-order valence-electron chi connectivity index (χ1n) is 5.14. The molecule has 2 amide bonds. The van der Waals surface area contributed by atoms with Crippen molar-refractivity contribution in [2.45, 2.75) is 27.7 Å². The molecule has 14 heavy (non-hydrogen) atoms. The molecule has 1 fully saturated rings. The predicted molar refractivity (Wildman–Crippen MR) is 58.2 cm³/mol. The lowest BCUT2D eigenvalue weighted by atomic mass is 9.68. The third kappa shape index (κ3) is 1.72. The number of carbonyl (C=O) groups is 1. The van der Waals surface area contributed by atoms with Gasteiger partial charge in [-0.1, -0.05) is 27.7 Å². The molecule has 1 saturated heterocycles. The van der Waals surface area contributed by atoms with Crippen molar-refractivity contribution in [3.63, 3.8) is 0 Å². The zero-order valence-electron chi connectivity index (χ0n) is 10.2. The lowest BCUT2D eigenvalue weighted by molar-refractivity contribution is 0.0899. The third-order valence-electron chi connectivity index (χ3n) is 3.75. The second-order valence-electron chi connectivity index (χ2n) is 5.76. The molecule has 1 aliphatic rings. The van der Waals surface area contributed by atoms with Gasteiger partial charge in [-0.05, 0) is 10.8 Å². The Morgan fingerprint density at radius 2 is 1.21 bits per heavy atom. The van der Waals surface area contributed by atoms with E-state index in [0.29, 0.717) is 0 Å². The van der Waals surface area contributed by atoms with Crippen LogP contribution in [0, 0.1) is 10.8 Å².